The molecule has 336 valence electrons. The molecule has 2 rings (SSSR count). The van der Waals surface area contributed by atoms with Crippen molar-refractivity contribution in [1.29, 1.82) is 0 Å². The Balaban J connectivity index is 2.03. The number of likely N-dealkylation sites (N-methyl/N-ethyl adjacent to an activating group) is 2. The molecule has 0 bridgehead atoms. The molecule has 15 heteroatoms. The molecule has 0 radical (unpaired) electrons. The quantitative estimate of drug-likeness (QED) is 0.0768. The topological polar surface area (TPSA) is 180 Å². The predicted octanol–water partition coefficient (Wildman–Crippen LogP) is 4.96. The summed E-state index contributed by atoms with van der Waals surface area (Å²) in [7, 11) is 7.31. The smallest absolute Gasteiger partial charge is 0.407 e. The van der Waals surface area contributed by atoms with Crippen molar-refractivity contribution >= 4 is 46.6 Å². The summed E-state index contributed by atoms with van der Waals surface area (Å²) in [5.74, 6) is -2.07. The van der Waals surface area contributed by atoms with Gasteiger partial charge in [-0.3, -0.25) is 24.1 Å². The summed E-state index contributed by atoms with van der Waals surface area (Å²) in [6.07, 6.45) is 5.39. The number of amides is 5. The summed E-state index contributed by atoms with van der Waals surface area (Å²) in [6, 6.07) is 5.51. The number of fused-ring (bicyclic) bond motifs is 1. The molecule has 15 nitrogen and oxygen atoms in total. The van der Waals surface area contributed by atoms with Crippen LogP contribution in [0, 0.1) is 5.41 Å². The Hall–Kier alpha value is -4.92. The number of aryl methyl sites for hydroxylation is 1. The first-order valence-electron chi connectivity index (χ1n) is 21.0. The van der Waals surface area contributed by atoms with Crippen LogP contribution >= 0.6 is 0 Å². The molecule has 60 heavy (non-hydrogen) atoms. The van der Waals surface area contributed by atoms with E-state index in [9.17, 15) is 28.8 Å². The van der Waals surface area contributed by atoms with Gasteiger partial charge in [0.05, 0.1) is 12.6 Å². The highest BCUT2D eigenvalue weighted by molar-refractivity contribution is 5.96. The fraction of sp³-hybridized carbons (Fsp3) is 0.644. The first-order chi connectivity index (χ1) is 27.8. The van der Waals surface area contributed by atoms with Gasteiger partial charge in [0.15, 0.2) is 0 Å². The zero-order valence-corrected chi connectivity index (χ0v) is 38.7. The summed E-state index contributed by atoms with van der Waals surface area (Å²) in [5.41, 5.74) is 0.479. The lowest BCUT2D eigenvalue weighted by Gasteiger charge is -2.40. The standard InChI is InChI=1S/C45H73N7O8/c1-15-59-41(57)33(23-24-35(53)46-26-19-16-20-27-47-42(58)60-44(6,7)8)48-38(54)30(2)25-28-51(13)40(56)36(43(3,4)5)49-39(55)37(50(11)12)45(9,10)32-29-52(14)34-22-18-17-21-31(32)34/h17-18,21-22,25,29,33,36-37H,15-16,19-20,23-24,26-28H2,1-14H3,(H,46,53)(H,47,58)(H,48,54)(H,49,55)/b30-25+/t33-,36?,37-/m1/s1. The van der Waals surface area contributed by atoms with Crippen LogP contribution in [0.15, 0.2) is 42.1 Å². The Labute approximate surface area is 357 Å². The van der Waals surface area contributed by atoms with Gasteiger partial charge in [0.25, 0.3) is 0 Å². The highest BCUT2D eigenvalue weighted by Crippen LogP contribution is 2.36. The number of benzene rings is 1. The Morgan fingerprint density at radius 2 is 1.48 bits per heavy atom. The van der Waals surface area contributed by atoms with Crippen LogP contribution in [0.3, 0.4) is 0 Å². The summed E-state index contributed by atoms with van der Waals surface area (Å²) in [5, 5.41) is 12.4. The third-order valence-electron chi connectivity index (χ3n) is 10.2. The van der Waals surface area contributed by atoms with Crippen molar-refractivity contribution in [2.24, 2.45) is 12.5 Å². The zero-order chi connectivity index (χ0) is 45.6. The fourth-order valence-electron chi connectivity index (χ4n) is 7.04. The van der Waals surface area contributed by atoms with Gasteiger partial charge < -0.3 is 40.2 Å². The molecule has 0 aliphatic rings. The maximum Gasteiger partial charge on any atom is 0.407 e. The lowest BCUT2D eigenvalue weighted by Crippen LogP contribution is -2.61. The van der Waals surface area contributed by atoms with Crippen LogP contribution in [0.4, 0.5) is 4.79 Å². The van der Waals surface area contributed by atoms with Gasteiger partial charge in [-0.2, -0.15) is 0 Å². The molecule has 2 aromatic rings. The van der Waals surface area contributed by atoms with Crippen LogP contribution in [-0.4, -0.2) is 121 Å². The average Bonchev–Trinajstić information content (AvgIpc) is 3.49. The largest absolute Gasteiger partial charge is 0.464 e. The van der Waals surface area contributed by atoms with Crippen molar-refractivity contribution in [3.63, 3.8) is 0 Å². The number of rotatable bonds is 21. The highest BCUT2D eigenvalue weighted by Gasteiger charge is 2.43. The average molecular weight is 840 g/mol. The molecule has 0 spiro atoms. The molecule has 5 amide bonds. The molecule has 1 aromatic carbocycles. The van der Waals surface area contributed by atoms with Gasteiger partial charge in [-0.25, -0.2) is 9.59 Å². The maximum atomic E-state index is 14.3. The molecule has 0 aliphatic carbocycles. The maximum absolute atomic E-state index is 14.3. The van der Waals surface area contributed by atoms with Crippen molar-refractivity contribution in [3.05, 3.63) is 47.7 Å². The number of alkyl carbamates (subject to hydrolysis) is 1. The minimum absolute atomic E-state index is 0.0162. The van der Waals surface area contributed by atoms with E-state index in [1.54, 1.807) is 47.7 Å². The minimum Gasteiger partial charge on any atom is -0.464 e. The Bertz CT molecular complexity index is 1820. The van der Waals surface area contributed by atoms with Crippen molar-refractivity contribution in [3.8, 4) is 0 Å². The first kappa shape index (κ1) is 51.2. The number of esters is 1. The number of carbonyl (C=O) groups excluding carboxylic acids is 6. The molecule has 1 heterocycles. The minimum atomic E-state index is -1.06. The van der Waals surface area contributed by atoms with Crippen molar-refractivity contribution in [2.75, 3.05) is 47.4 Å². The van der Waals surface area contributed by atoms with Crippen LogP contribution in [0.2, 0.25) is 0 Å². The van der Waals surface area contributed by atoms with E-state index in [0.717, 1.165) is 29.3 Å². The van der Waals surface area contributed by atoms with Crippen LogP contribution < -0.4 is 21.3 Å². The second-order valence-corrected chi connectivity index (χ2v) is 18.3. The van der Waals surface area contributed by atoms with E-state index in [4.69, 9.17) is 9.47 Å². The van der Waals surface area contributed by atoms with E-state index in [2.05, 4.69) is 38.1 Å². The predicted molar refractivity (Wildman–Crippen MR) is 235 cm³/mol. The number of unbranched alkanes of at least 4 members (excludes halogenated alkanes) is 2. The van der Waals surface area contributed by atoms with Crippen LogP contribution in [-0.2, 0) is 45.9 Å². The number of carbonyl (C=O) groups is 6. The van der Waals surface area contributed by atoms with Crippen LogP contribution in [0.5, 0.6) is 0 Å². The van der Waals surface area contributed by atoms with Gasteiger partial charge >= 0.3 is 12.1 Å². The van der Waals surface area contributed by atoms with E-state index in [1.807, 2.05) is 78.9 Å². The second-order valence-electron chi connectivity index (χ2n) is 18.3. The number of aromatic nitrogens is 1. The van der Waals surface area contributed by atoms with Gasteiger partial charge in [-0.05, 0) is 91.4 Å². The third kappa shape index (κ3) is 15.6. The summed E-state index contributed by atoms with van der Waals surface area (Å²) in [4.78, 5) is 82.1. The number of hydrogen-bond donors (Lipinski definition) is 4. The molecule has 0 saturated heterocycles. The normalized spacial score (nSPS) is 13.9. The molecule has 0 fully saturated rings. The molecular formula is C45H73N7O8. The third-order valence-corrected chi connectivity index (χ3v) is 10.2. The first-order valence-corrected chi connectivity index (χ1v) is 21.0. The lowest BCUT2D eigenvalue weighted by atomic mass is 9.76. The van der Waals surface area contributed by atoms with Gasteiger partial charge in [0.1, 0.15) is 17.7 Å². The molecule has 4 N–H and O–H groups in total. The number of ether oxygens (including phenoxy) is 2. The Kier molecular flexibility index (Phi) is 19.3. The number of nitrogens with one attached hydrogen (secondary N) is 4. The Morgan fingerprint density at radius 1 is 0.867 bits per heavy atom. The molecule has 0 aliphatic heterocycles. The molecule has 3 atom stereocenters. The second kappa shape index (κ2) is 22.6. The zero-order valence-electron chi connectivity index (χ0n) is 38.7. The van der Waals surface area contributed by atoms with Crippen molar-refractivity contribution in [2.45, 2.75) is 130 Å². The van der Waals surface area contributed by atoms with E-state index < -0.39 is 52.5 Å². The summed E-state index contributed by atoms with van der Waals surface area (Å²) < 4.78 is 12.4. The monoisotopic (exact) mass is 840 g/mol. The SMILES string of the molecule is CCOC(=O)[C@@H](CCC(=O)NCCCCCNC(=O)OC(C)(C)C)NC(=O)/C(C)=C/CN(C)C(=O)C(NC(=O)[C@@H](N(C)C)C(C)(C)c1cn(C)c2ccccc12)C(C)(C)C. The van der Waals surface area contributed by atoms with Crippen LogP contribution in [0.1, 0.15) is 107 Å². The van der Waals surface area contributed by atoms with E-state index in [1.165, 1.54) is 4.90 Å². The van der Waals surface area contributed by atoms with Gasteiger partial charge in [-0.15, -0.1) is 0 Å². The van der Waals surface area contributed by atoms with E-state index in [0.29, 0.717) is 19.5 Å². The number of hydrogen-bond acceptors (Lipinski definition) is 9. The van der Waals surface area contributed by atoms with Crippen molar-refractivity contribution in [1.82, 2.24) is 35.6 Å². The summed E-state index contributed by atoms with van der Waals surface area (Å²) in [6.45, 7) is 19.4. The molecule has 1 unspecified atom stereocenters. The highest BCUT2D eigenvalue weighted by atomic mass is 16.6. The van der Waals surface area contributed by atoms with E-state index >= 15 is 0 Å². The lowest BCUT2D eigenvalue weighted by molar-refractivity contribution is -0.147. The Morgan fingerprint density at radius 3 is 2.07 bits per heavy atom. The fourth-order valence-corrected chi connectivity index (χ4v) is 7.04. The van der Waals surface area contributed by atoms with Gasteiger partial charge in [0.2, 0.25) is 23.6 Å². The number of para-hydroxylation sites is 1. The van der Waals surface area contributed by atoms with Gasteiger partial charge in [-0.1, -0.05) is 58.9 Å². The molecular weight excluding hydrogens is 767 g/mol. The molecule has 1 aromatic heterocycles. The van der Waals surface area contributed by atoms with Crippen LogP contribution in [0.25, 0.3) is 10.9 Å². The van der Waals surface area contributed by atoms with E-state index in [-0.39, 0.29) is 49.3 Å². The van der Waals surface area contributed by atoms with Gasteiger partial charge in [0, 0.05) is 68.2 Å². The number of nitrogens with zero attached hydrogens (tertiary/aromatic N) is 3. The molecule has 0 saturated carbocycles. The van der Waals surface area contributed by atoms with Crippen molar-refractivity contribution < 1.29 is 38.2 Å². The summed E-state index contributed by atoms with van der Waals surface area (Å²) >= 11 is 0.